The Morgan fingerprint density at radius 3 is 2.81 bits per heavy atom. The maximum atomic E-state index is 14.7. The molecule has 2 atom stereocenters. The molecule has 10 heteroatoms. The number of anilines is 2. The van der Waals surface area contributed by atoms with Gasteiger partial charge in [0, 0.05) is 30.7 Å². The summed E-state index contributed by atoms with van der Waals surface area (Å²) in [5.74, 6) is -0.455. The fraction of sp³-hybridized carbons (Fsp3) is 0.281. The molecule has 2 fully saturated rings. The lowest BCUT2D eigenvalue weighted by Crippen LogP contribution is -2.41. The third-order valence-corrected chi connectivity index (χ3v) is 8.01. The zero-order valence-corrected chi connectivity index (χ0v) is 23.2. The highest BCUT2D eigenvalue weighted by molar-refractivity contribution is 6.05. The lowest BCUT2D eigenvalue weighted by Gasteiger charge is -2.32. The van der Waals surface area contributed by atoms with Gasteiger partial charge >= 0.3 is 0 Å². The molecule has 42 heavy (non-hydrogen) atoms. The standard InChI is InChI=1S/C32H29FN6O3/c1-19-14-28(32(41)10-11-32)39(18-19)26-15-20(22-17-35-12-8-21(22)16-34)6-7-24(26)38-31(40)25-9-13-36-30(37-25)29-23(33)4-3-5-27(29)42-2/h3-9,12-13,15,17,19,28,41H,10-11,14,18H2,1-2H3,(H,38,40)/t19-,28-/m0/s1. The summed E-state index contributed by atoms with van der Waals surface area (Å²) in [7, 11) is 1.43. The van der Waals surface area contributed by atoms with Crippen LogP contribution in [0.4, 0.5) is 15.8 Å². The number of nitrogens with zero attached hydrogens (tertiary/aromatic N) is 5. The summed E-state index contributed by atoms with van der Waals surface area (Å²) in [6, 6.07) is 15.2. The Morgan fingerprint density at radius 2 is 2.05 bits per heavy atom. The van der Waals surface area contributed by atoms with Crippen molar-refractivity contribution in [3.8, 4) is 34.3 Å². The van der Waals surface area contributed by atoms with E-state index in [1.54, 1.807) is 30.6 Å². The van der Waals surface area contributed by atoms with Gasteiger partial charge in [0.15, 0.2) is 5.82 Å². The summed E-state index contributed by atoms with van der Waals surface area (Å²) in [6.07, 6.45) is 6.91. The van der Waals surface area contributed by atoms with Crippen molar-refractivity contribution in [3.05, 3.63) is 84.2 Å². The molecule has 4 aromatic rings. The van der Waals surface area contributed by atoms with Crippen LogP contribution in [0.15, 0.2) is 67.1 Å². The number of nitrogens with one attached hydrogen (secondary N) is 1. The second-order valence-corrected chi connectivity index (χ2v) is 10.9. The average molecular weight is 565 g/mol. The second kappa shape index (κ2) is 10.8. The van der Waals surface area contributed by atoms with Gasteiger partial charge in [-0.25, -0.2) is 14.4 Å². The quantitative estimate of drug-likeness (QED) is 0.313. The molecule has 2 aromatic heterocycles. The molecule has 0 bridgehead atoms. The van der Waals surface area contributed by atoms with Crippen molar-refractivity contribution in [2.45, 2.75) is 37.8 Å². The molecule has 3 heterocycles. The number of pyridine rings is 1. The van der Waals surface area contributed by atoms with Crippen LogP contribution in [-0.4, -0.2) is 51.3 Å². The molecule has 1 aliphatic carbocycles. The van der Waals surface area contributed by atoms with Crippen LogP contribution in [0.5, 0.6) is 5.75 Å². The lowest BCUT2D eigenvalue weighted by atomic mass is 9.99. The summed E-state index contributed by atoms with van der Waals surface area (Å²) >= 11 is 0. The van der Waals surface area contributed by atoms with Crippen LogP contribution < -0.4 is 15.0 Å². The number of aromatic nitrogens is 3. The molecule has 2 aromatic carbocycles. The predicted molar refractivity (Wildman–Crippen MR) is 155 cm³/mol. The summed E-state index contributed by atoms with van der Waals surface area (Å²) in [5, 5.41) is 23.8. The third-order valence-electron chi connectivity index (χ3n) is 8.01. The Morgan fingerprint density at radius 1 is 1.21 bits per heavy atom. The highest BCUT2D eigenvalue weighted by Gasteiger charge is 2.53. The Kier molecular flexibility index (Phi) is 7.04. The van der Waals surface area contributed by atoms with Crippen LogP contribution in [0.25, 0.3) is 22.5 Å². The molecule has 0 radical (unpaired) electrons. The molecule has 1 saturated heterocycles. The summed E-state index contributed by atoms with van der Waals surface area (Å²) in [6.45, 7) is 2.84. The van der Waals surface area contributed by atoms with Gasteiger partial charge in [-0.2, -0.15) is 5.26 Å². The van der Waals surface area contributed by atoms with Crippen LogP contribution in [0.1, 0.15) is 42.2 Å². The molecule has 0 spiro atoms. The van der Waals surface area contributed by atoms with E-state index in [2.05, 4.69) is 38.2 Å². The van der Waals surface area contributed by atoms with Gasteiger partial charge in [0.1, 0.15) is 17.3 Å². The van der Waals surface area contributed by atoms with Crippen LogP contribution in [0.3, 0.4) is 0 Å². The van der Waals surface area contributed by atoms with E-state index in [1.807, 2.05) is 12.1 Å². The van der Waals surface area contributed by atoms with E-state index >= 15 is 0 Å². The number of carbonyl (C=O) groups excluding carboxylic acids is 1. The zero-order valence-electron chi connectivity index (χ0n) is 23.2. The normalized spacial score (nSPS) is 18.8. The van der Waals surface area contributed by atoms with Gasteiger partial charge in [-0.15, -0.1) is 0 Å². The minimum atomic E-state index is -0.769. The minimum absolute atomic E-state index is 0.0261. The Hall–Kier alpha value is -4.88. The van der Waals surface area contributed by atoms with Crippen molar-refractivity contribution in [2.75, 3.05) is 23.9 Å². The van der Waals surface area contributed by atoms with E-state index < -0.39 is 17.3 Å². The van der Waals surface area contributed by atoms with E-state index in [0.717, 1.165) is 30.5 Å². The van der Waals surface area contributed by atoms with Crippen LogP contribution >= 0.6 is 0 Å². The average Bonchev–Trinajstić information content (AvgIpc) is 3.64. The van der Waals surface area contributed by atoms with Crippen molar-refractivity contribution in [1.29, 1.82) is 5.26 Å². The number of carbonyl (C=O) groups is 1. The minimum Gasteiger partial charge on any atom is -0.496 e. The molecule has 212 valence electrons. The molecule has 0 unspecified atom stereocenters. The molecule has 9 nitrogen and oxygen atoms in total. The Bertz CT molecular complexity index is 1720. The maximum Gasteiger partial charge on any atom is 0.274 e. The number of methoxy groups -OCH3 is 1. The summed E-state index contributed by atoms with van der Waals surface area (Å²) < 4.78 is 20.0. The van der Waals surface area contributed by atoms with Gasteiger partial charge in [-0.1, -0.05) is 19.1 Å². The number of halogens is 1. The van der Waals surface area contributed by atoms with E-state index in [-0.39, 0.29) is 28.9 Å². The van der Waals surface area contributed by atoms with Gasteiger partial charge in [0.2, 0.25) is 0 Å². The number of hydrogen-bond acceptors (Lipinski definition) is 8. The van der Waals surface area contributed by atoms with Gasteiger partial charge in [-0.3, -0.25) is 9.78 Å². The SMILES string of the molecule is COc1cccc(F)c1-c1nccc(C(=O)Nc2ccc(-c3cnccc3C#N)cc2N2C[C@@H](C)C[C@H]2C2(O)CC2)n1. The first-order valence-corrected chi connectivity index (χ1v) is 13.8. The smallest absolute Gasteiger partial charge is 0.274 e. The maximum absolute atomic E-state index is 14.7. The fourth-order valence-electron chi connectivity index (χ4n) is 5.73. The highest BCUT2D eigenvalue weighted by atomic mass is 19.1. The van der Waals surface area contributed by atoms with Crippen molar-refractivity contribution in [2.24, 2.45) is 5.92 Å². The van der Waals surface area contributed by atoms with E-state index in [0.29, 0.717) is 29.3 Å². The third kappa shape index (κ3) is 5.03. The van der Waals surface area contributed by atoms with Crippen molar-refractivity contribution in [3.63, 3.8) is 0 Å². The van der Waals surface area contributed by atoms with E-state index in [1.165, 1.54) is 31.5 Å². The van der Waals surface area contributed by atoms with E-state index in [4.69, 9.17) is 4.74 Å². The van der Waals surface area contributed by atoms with Crippen LogP contribution in [0, 0.1) is 23.1 Å². The monoisotopic (exact) mass is 564 g/mol. The molecule has 2 N–H and O–H groups in total. The first-order valence-electron chi connectivity index (χ1n) is 13.8. The zero-order chi connectivity index (χ0) is 29.4. The first kappa shape index (κ1) is 27.3. The Balaban J connectivity index is 1.39. The second-order valence-electron chi connectivity index (χ2n) is 10.9. The number of amides is 1. The molecular formula is C32H29FN6O3. The van der Waals surface area contributed by atoms with Gasteiger partial charge in [0.25, 0.3) is 5.91 Å². The highest BCUT2D eigenvalue weighted by Crippen LogP contribution is 2.49. The summed E-state index contributed by atoms with van der Waals surface area (Å²) in [4.78, 5) is 28.5. The molecule has 1 aliphatic heterocycles. The first-order chi connectivity index (χ1) is 20.3. The van der Waals surface area contributed by atoms with Gasteiger partial charge < -0.3 is 20.1 Å². The fourth-order valence-corrected chi connectivity index (χ4v) is 5.73. The number of aliphatic hydroxyl groups is 1. The van der Waals surface area contributed by atoms with Gasteiger partial charge in [-0.05, 0) is 67.1 Å². The number of nitriles is 1. The van der Waals surface area contributed by atoms with Crippen molar-refractivity contribution >= 4 is 17.3 Å². The molecule has 6 rings (SSSR count). The number of hydrogen-bond donors (Lipinski definition) is 2. The van der Waals surface area contributed by atoms with Crippen LogP contribution in [-0.2, 0) is 0 Å². The molecule has 1 saturated carbocycles. The van der Waals surface area contributed by atoms with Crippen molar-refractivity contribution in [1.82, 2.24) is 15.0 Å². The molecular weight excluding hydrogens is 535 g/mol. The molecule has 1 amide bonds. The topological polar surface area (TPSA) is 124 Å². The number of ether oxygens (including phenoxy) is 1. The van der Waals surface area contributed by atoms with Gasteiger partial charge in [0.05, 0.1) is 47.3 Å². The molecule has 2 aliphatic rings. The predicted octanol–water partition coefficient (Wildman–Crippen LogP) is 5.22. The summed E-state index contributed by atoms with van der Waals surface area (Å²) in [5.41, 5.74) is 2.53. The lowest BCUT2D eigenvalue weighted by molar-refractivity contribution is 0.102. The van der Waals surface area contributed by atoms with Crippen LogP contribution in [0.2, 0.25) is 0 Å². The van der Waals surface area contributed by atoms with E-state index in [9.17, 15) is 19.6 Å². The Labute approximate surface area is 242 Å². The number of rotatable bonds is 7. The van der Waals surface area contributed by atoms with Crippen molar-refractivity contribution < 1.29 is 19.0 Å². The largest absolute Gasteiger partial charge is 0.496 e. The number of benzene rings is 2.